The van der Waals surface area contributed by atoms with Gasteiger partial charge >= 0.3 is 0 Å². The molecule has 2 aromatic heterocycles. The lowest BCUT2D eigenvalue weighted by Gasteiger charge is -2.36. The Kier molecular flexibility index (Phi) is 6.30. The molecule has 1 atom stereocenters. The number of rotatable bonds is 6. The van der Waals surface area contributed by atoms with Crippen LogP contribution in [-0.4, -0.2) is 40.1 Å². The summed E-state index contributed by atoms with van der Waals surface area (Å²) in [5.74, 6) is 0.644. The third kappa shape index (κ3) is 3.75. The number of pyridine rings is 1. The average Bonchev–Trinajstić information content (AvgIpc) is 3.54. The van der Waals surface area contributed by atoms with Gasteiger partial charge in [-0.25, -0.2) is 9.97 Å². The Balaban J connectivity index is 1.70. The zero-order valence-electron chi connectivity index (χ0n) is 23.7. The number of halogens is 1. The lowest BCUT2D eigenvalue weighted by Crippen LogP contribution is -2.51. The number of methoxy groups -OCH3 is 1. The fourth-order valence-electron chi connectivity index (χ4n) is 5.95. The fourth-order valence-corrected chi connectivity index (χ4v) is 6.12. The van der Waals surface area contributed by atoms with Crippen LogP contribution in [0.4, 0.5) is 11.4 Å². The zero-order valence-corrected chi connectivity index (χ0v) is 24.5. The first-order valence-corrected chi connectivity index (χ1v) is 13.8. The van der Waals surface area contributed by atoms with Gasteiger partial charge in [0.05, 0.1) is 30.7 Å². The van der Waals surface area contributed by atoms with Gasteiger partial charge in [0.15, 0.2) is 11.2 Å². The van der Waals surface area contributed by atoms with E-state index in [0.717, 1.165) is 11.1 Å². The molecular weight excluding hydrogens is 542 g/mol. The van der Waals surface area contributed by atoms with Crippen LogP contribution >= 0.6 is 11.6 Å². The minimum atomic E-state index is -1.52. The third-order valence-electron chi connectivity index (χ3n) is 7.66. The van der Waals surface area contributed by atoms with Crippen LogP contribution in [-0.2, 0) is 10.3 Å². The van der Waals surface area contributed by atoms with Crippen LogP contribution < -0.4 is 19.7 Å². The Morgan fingerprint density at radius 2 is 1.88 bits per heavy atom. The molecule has 0 saturated heterocycles. The number of anilines is 2. The summed E-state index contributed by atoms with van der Waals surface area (Å²) in [7, 11) is 1.56. The molecule has 2 aliphatic rings. The molecule has 6 rings (SSSR count). The maximum atomic E-state index is 14.5. The number of fused-ring (bicyclic) bond motifs is 4. The number of benzene rings is 2. The number of hydrogen-bond acceptors (Lipinski definition) is 6. The molecule has 1 unspecified atom stereocenters. The van der Waals surface area contributed by atoms with Crippen LogP contribution in [0.25, 0.3) is 11.4 Å². The molecule has 1 N–H and O–H groups in total. The van der Waals surface area contributed by atoms with E-state index in [2.05, 4.69) is 10.3 Å². The fraction of sp³-hybridized carbons (Fsp3) is 0.290. The van der Waals surface area contributed by atoms with Crippen molar-refractivity contribution in [1.82, 2.24) is 14.5 Å². The minimum absolute atomic E-state index is 0.188. The number of ether oxygens (including phenoxy) is 2. The number of nitrogens with zero attached hydrogens (tertiary/aromatic N) is 4. The van der Waals surface area contributed by atoms with E-state index in [1.807, 2.05) is 63.5 Å². The van der Waals surface area contributed by atoms with Crippen molar-refractivity contribution in [3.8, 4) is 23.0 Å². The second-order valence-corrected chi connectivity index (χ2v) is 11.0. The summed E-state index contributed by atoms with van der Waals surface area (Å²) in [6, 6.07) is 12.6. The Hall–Kier alpha value is -4.37. The van der Waals surface area contributed by atoms with Crippen molar-refractivity contribution in [2.75, 3.05) is 23.9 Å². The van der Waals surface area contributed by atoms with E-state index >= 15 is 0 Å². The molecule has 0 saturated carbocycles. The molecule has 1 spiro atoms. The normalized spacial score (nSPS) is 17.3. The summed E-state index contributed by atoms with van der Waals surface area (Å²) < 4.78 is 13.2. The van der Waals surface area contributed by atoms with Gasteiger partial charge in [-0.3, -0.25) is 14.5 Å². The summed E-state index contributed by atoms with van der Waals surface area (Å²) in [6.45, 7) is 10.2. The van der Waals surface area contributed by atoms with E-state index in [0.29, 0.717) is 57.3 Å². The van der Waals surface area contributed by atoms with E-state index in [9.17, 15) is 9.59 Å². The van der Waals surface area contributed by atoms with Crippen molar-refractivity contribution >= 4 is 34.8 Å². The zero-order chi connectivity index (χ0) is 29.2. The number of imidazole rings is 1. The van der Waals surface area contributed by atoms with Gasteiger partial charge in [-0.1, -0.05) is 29.8 Å². The number of nitrogens with one attached hydrogen (secondary N) is 1. The summed E-state index contributed by atoms with van der Waals surface area (Å²) in [6.07, 6.45) is 1.63. The standard InChI is InChI=1S/C31H30ClN5O4/c1-7-41-25-14-24(40-6)20(15-33-25)28-35-26-27(36(28)16(2)3)31(21-11-8-17(4)12-22(21)34-30(31)39)37(29(26)38)23-13-19(32)10-9-18(23)5/h8-16H,7H2,1-6H3,(H,34,39). The molecular formula is C31H30ClN5O4. The van der Waals surface area contributed by atoms with Crippen molar-refractivity contribution in [2.45, 2.75) is 46.2 Å². The molecule has 0 fully saturated rings. The first-order valence-electron chi connectivity index (χ1n) is 13.5. The van der Waals surface area contributed by atoms with E-state index < -0.39 is 11.4 Å². The van der Waals surface area contributed by atoms with Gasteiger partial charge < -0.3 is 19.4 Å². The third-order valence-corrected chi connectivity index (χ3v) is 7.89. The molecule has 0 radical (unpaired) electrons. The van der Waals surface area contributed by atoms with Crippen LogP contribution in [0, 0.1) is 13.8 Å². The van der Waals surface area contributed by atoms with Gasteiger partial charge in [0.2, 0.25) is 5.88 Å². The van der Waals surface area contributed by atoms with Crippen molar-refractivity contribution < 1.29 is 19.1 Å². The Morgan fingerprint density at radius 1 is 1.10 bits per heavy atom. The van der Waals surface area contributed by atoms with Crippen molar-refractivity contribution in [1.29, 1.82) is 0 Å². The Bertz CT molecular complexity index is 1750. The van der Waals surface area contributed by atoms with E-state index in [4.69, 9.17) is 26.1 Å². The smallest absolute Gasteiger partial charge is 0.280 e. The molecule has 210 valence electrons. The molecule has 4 aromatic rings. The topological polar surface area (TPSA) is 98.6 Å². The van der Waals surface area contributed by atoms with Crippen LogP contribution in [0.2, 0.25) is 5.02 Å². The van der Waals surface area contributed by atoms with Crippen molar-refractivity contribution in [3.05, 3.63) is 81.8 Å². The maximum absolute atomic E-state index is 14.5. The maximum Gasteiger partial charge on any atom is 0.280 e. The van der Waals surface area contributed by atoms with Crippen LogP contribution in [0.15, 0.2) is 48.7 Å². The summed E-state index contributed by atoms with van der Waals surface area (Å²) >= 11 is 6.45. The van der Waals surface area contributed by atoms with Crippen molar-refractivity contribution in [3.63, 3.8) is 0 Å². The number of aromatic nitrogens is 3. The van der Waals surface area contributed by atoms with Crippen molar-refractivity contribution in [2.24, 2.45) is 0 Å². The minimum Gasteiger partial charge on any atom is -0.496 e. The van der Waals surface area contributed by atoms with E-state index in [-0.39, 0.29) is 17.6 Å². The molecule has 2 aromatic carbocycles. The molecule has 9 nitrogen and oxygen atoms in total. The number of carbonyl (C=O) groups excluding carboxylic acids is 2. The lowest BCUT2D eigenvalue weighted by molar-refractivity contribution is -0.119. The highest BCUT2D eigenvalue weighted by Gasteiger charge is 2.64. The van der Waals surface area contributed by atoms with E-state index in [1.54, 1.807) is 36.4 Å². The van der Waals surface area contributed by atoms with Gasteiger partial charge in [-0.05, 0) is 63.9 Å². The average molecular weight is 572 g/mol. The monoisotopic (exact) mass is 571 g/mol. The molecule has 10 heteroatoms. The highest BCUT2D eigenvalue weighted by Crippen LogP contribution is 2.55. The summed E-state index contributed by atoms with van der Waals surface area (Å²) in [4.78, 5) is 39.8. The Labute approximate surface area is 243 Å². The number of carbonyl (C=O) groups is 2. The molecule has 2 amide bonds. The van der Waals surface area contributed by atoms with Crippen LogP contribution in [0.5, 0.6) is 11.6 Å². The highest BCUT2D eigenvalue weighted by molar-refractivity contribution is 6.31. The quantitative estimate of drug-likeness (QED) is 0.302. The largest absolute Gasteiger partial charge is 0.496 e. The number of aryl methyl sites for hydroxylation is 2. The predicted octanol–water partition coefficient (Wildman–Crippen LogP) is 6.06. The predicted molar refractivity (Wildman–Crippen MR) is 157 cm³/mol. The lowest BCUT2D eigenvalue weighted by atomic mass is 9.86. The number of hydrogen-bond donors (Lipinski definition) is 1. The van der Waals surface area contributed by atoms with Gasteiger partial charge in [-0.15, -0.1) is 0 Å². The SMILES string of the molecule is CCOc1cc(OC)c(-c2nc3c(n2C(C)C)C2(C(=O)Nc4cc(C)ccc42)N(c2cc(Cl)ccc2C)C3=O)cn1. The summed E-state index contributed by atoms with van der Waals surface area (Å²) in [5.41, 5.74) is 3.38. The van der Waals surface area contributed by atoms with Gasteiger partial charge in [0, 0.05) is 34.6 Å². The first kappa shape index (κ1) is 26.8. The van der Waals surface area contributed by atoms with E-state index in [1.165, 1.54) is 0 Å². The molecule has 0 aliphatic carbocycles. The molecule has 41 heavy (non-hydrogen) atoms. The summed E-state index contributed by atoms with van der Waals surface area (Å²) in [5, 5.41) is 3.52. The van der Waals surface area contributed by atoms with Gasteiger partial charge in [0.1, 0.15) is 11.6 Å². The highest BCUT2D eigenvalue weighted by atomic mass is 35.5. The van der Waals surface area contributed by atoms with Crippen LogP contribution in [0.1, 0.15) is 59.7 Å². The van der Waals surface area contributed by atoms with Gasteiger partial charge in [0.25, 0.3) is 11.8 Å². The molecule has 4 heterocycles. The van der Waals surface area contributed by atoms with Crippen LogP contribution in [0.3, 0.4) is 0 Å². The number of amides is 2. The van der Waals surface area contributed by atoms with Gasteiger partial charge in [-0.2, -0.15) is 0 Å². The molecule has 0 bridgehead atoms. The first-order chi connectivity index (χ1) is 19.6. The molecule has 2 aliphatic heterocycles. The Morgan fingerprint density at radius 3 is 2.59 bits per heavy atom. The second kappa shape index (κ2) is 9.62. The second-order valence-electron chi connectivity index (χ2n) is 10.5.